The molecule has 0 fully saturated rings. The van der Waals surface area contributed by atoms with E-state index in [9.17, 15) is 8.42 Å². The molecule has 0 spiro atoms. The number of hydrogen-bond acceptors (Lipinski definition) is 9. The Labute approximate surface area is 188 Å². The van der Waals surface area contributed by atoms with Gasteiger partial charge in [0.05, 0.1) is 24.6 Å². The Balaban J connectivity index is 1.63. The first-order valence-corrected chi connectivity index (χ1v) is 11.0. The molecule has 0 bridgehead atoms. The molecule has 0 radical (unpaired) electrons. The second-order valence-electron chi connectivity index (χ2n) is 6.39. The average molecular weight is 473 g/mol. The molecule has 4 aromatic rings. The van der Waals surface area contributed by atoms with Crippen molar-refractivity contribution in [3.8, 4) is 11.5 Å². The minimum atomic E-state index is -3.84. The van der Waals surface area contributed by atoms with E-state index in [0.717, 1.165) is 0 Å². The van der Waals surface area contributed by atoms with Gasteiger partial charge in [-0.3, -0.25) is 0 Å². The van der Waals surface area contributed by atoms with Crippen LogP contribution in [0.15, 0.2) is 59.8 Å². The van der Waals surface area contributed by atoms with Crippen LogP contribution in [-0.2, 0) is 10.0 Å². The third-order valence-electron chi connectivity index (χ3n) is 4.39. The maximum Gasteiger partial charge on any atom is 0.264 e. The van der Waals surface area contributed by atoms with Gasteiger partial charge in [-0.15, -0.1) is 0 Å². The first-order valence-electron chi connectivity index (χ1n) is 9.16. The van der Waals surface area contributed by atoms with E-state index in [1.54, 1.807) is 30.3 Å². The van der Waals surface area contributed by atoms with Crippen molar-refractivity contribution >= 4 is 50.0 Å². The van der Waals surface area contributed by atoms with Crippen molar-refractivity contribution in [2.75, 3.05) is 24.3 Å². The summed E-state index contributed by atoms with van der Waals surface area (Å²) in [5.74, 6) is 1.42. The van der Waals surface area contributed by atoms with E-state index < -0.39 is 10.0 Å². The number of halogens is 1. The van der Waals surface area contributed by atoms with Gasteiger partial charge in [0.25, 0.3) is 10.0 Å². The van der Waals surface area contributed by atoms with Crippen LogP contribution in [0.5, 0.6) is 11.5 Å². The van der Waals surface area contributed by atoms with Crippen molar-refractivity contribution in [3.05, 3.63) is 60.1 Å². The molecule has 2 aromatic carbocycles. The summed E-state index contributed by atoms with van der Waals surface area (Å²) in [6.45, 7) is 0. The molecule has 4 rings (SSSR count). The second kappa shape index (κ2) is 8.81. The van der Waals surface area contributed by atoms with Gasteiger partial charge in [-0.2, -0.15) is 4.98 Å². The number of anilines is 3. The molecule has 0 saturated carbocycles. The number of fused-ring (bicyclic) bond motifs is 1. The third kappa shape index (κ3) is 4.48. The topological polar surface area (TPSA) is 128 Å². The van der Waals surface area contributed by atoms with E-state index in [0.29, 0.717) is 33.9 Å². The number of benzene rings is 2. The minimum absolute atomic E-state index is 0.0128. The van der Waals surface area contributed by atoms with Gasteiger partial charge in [-0.25, -0.2) is 28.1 Å². The van der Waals surface area contributed by atoms with Gasteiger partial charge in [0.1, 0.15) is 5.82 Å². The molecular weight excluding hydrogens is 456 g/mol. The molecule has 0 aliphatic rings. The van der Waals surface area contributed by atoms with Gasteiger partial charge in [0.15, 0.2) is 11.5 Å². The molecule has 0 unspecified atom stereocenters. The van der Waals surface area contributed by atoms with Gasteiger partial charge >= 0.3 is 0 Å². The van der Waals surface area contributed by atoms with Crippen LogP contribution in [-0.4, -0.2) is 42.6 Å². The van der Waals surface area contributed by atoms with Crippen molar-refractivity contribution in [1.82, 2.24) is 19.9 Å². The zero-order valence-corrected chi connectivity index (χ0v) is 18.5. The number of sulfonamides is 1. The lowest BCUT2D eigenvalue weighted by Crippen LogP contribution is -2.14. The summed E-state index contributed by atoms with van der Waals surface area (Å²) in [5.41, 5.74) is 1.14. The Morgan fingerprint density at radius 3 is 2.25 bits per heavy atom. The highest BCUT2D eigenvalue weighted by molar-refractivity contribution is 7.92. The number of methoxy groups -OCH3 is 2. The smallest absolute Gasteiger partial charge is 0.264 e. The molecule has 0 amide bonds. The molecule has 0 aliphatic heterocycles. The fraction of sp³-hybridized carbons (Fsp3) is 0.100. The number of hydrogen-bond donors (Lipinski definition) is 2. The summed E-state index contributed by atoms with van der Waals surface area (Å²) in [4.78, 5) is 16.3. The van der Waals surface area contributed by atoms with Crippen LogP contribution in [0, 0.1) is 0 Å². The van der Waals surface area contributed by atoms with Gasteiger partial charge in [0.2, 0.25) is 11.2 Å². The van der Waals surface area contributed by atoms with Crippen molar-refractivity contribution in [2.45, 2.75) is 4.90 Å². The zero-order chi connectivity index (χ0) is 22.7. The fourth-order valence-corrected chi connectivity index (χ4v) is 4.04. The van der Waals surface area contributed by atoms with Crippen molar-refractivity contribution in [2.24, 2.45) is 0 Å². The lowest BCUT2D eigenvalue weighted by Gasteiger charge is -2.13. The highest BCUT2D eigenvalue weighted by Crippen LogP contribution is 2.35. The normalized spacial score (nSPS) is 11.2. The maximum absolute atomic E-state index is 12.5. The van der Waals surface area contributed by atoms with Gasteiger partial charge in [0, 0.05) is 29.5 Å². The Bertz CT molecular complexity index is 1370. The molecule has 2 heterocycles. The first-order chi connectivity index (χ1) is 15.4. The van der Waals surface area contributed by atoms with Gasteiger partial charge in [-0.1, -0.05) is 0 Å². The Morgan fingerprint density at radius 2 is 1.59 bits per heavy atom. The summed E-state index contributed by atoms with van der Waals surface area (Å²) in [5, 5.41) is 3.82. The number of rotatable bonds is 7. The lowest BCUT2D eigenvalue weighted by molar-refractivity contribution is 0.356. The quantitative estimate of drug-likeness (QED) is 0.387. The number of nitrogens with one attached hydrogen (secondary N) is 2. The third-order valence-corrected chi connectivity index (χ3v) is 5.91. The SMILES string of the molecule is COc1cc2nc(Cl)nc(Nc3ccc(S(=O)(=O)Nc4ncccn4)cc3)c2cc1OC. The van der Waals surface area contributed by atoms with E-state index >= 15 is 0 Å². The van der Waals surface area contributed by atoms with Crippen molar-refractivity contribution in [1.29, 1.82) is 0 Å². The predicted molar refractivity (Wildman–Crippen MR) is 120 cm³/mol. The summed E-state index contributed by atoms with van der Waals surface area (Å²) in [6, 6.07) is 11.1. The monoisotopic (exact) mass is 472 g/mol. The summed E-state index contributed by atoms with van der Waals surface area (Å²) in [7, 11) is -0.784. The summed E-state index contributed by atoms with van der Waals surface area (Å²) >= 11 is 6.09. The Morgan fingerprint density at radius 1 is 0.938 bits per heavy atom. The maximum atomic E-state index is 12.5. The molecule has 12 heteroatoms. The number of nitrogens with zero attached hydrogens (tertiary/aromatic N) is 4. The van der Waals surface area contributed by atoms with Crippen molar-refractivity contribution in [3.63, 3.8) is 0 Å². The molecule has 0 aliphatic carbocycles. The van der Waals surface area contributed by atoms with Crippen LogP contribution >= 0.6 is 11.6 Å². The van der Waals surface area contributed by atoms with Crippen molar-refractivity contribution < 1.29 is 17.9 Å². The molecule has 0 atom stereocenters. The molecule has 2 aromatic heterocycles. The van der Waals surface area contributed by atoms with Crippen LogP contribution in [0.25, 0.3) is 10.9 Å². The molecule has 32 heavy (non-hydrogen) atoms. The Hall–Kier alpha value is -3.70. The van der Waals surface area contributed by atoms with Gasteiger partial charge < -0.3 is 14.8 Å². The fourth-order valence-electron chi connectivity index (χ4n) is 2.91. The first kappa shape index (κ1) is 21.5. The van der Waals surface area contributed by atoms with Crippen LogP contribution in [0.1, 0.15) is 0 Å². The van der Waals surface area contributed by atoms with Gasteiger partial charge in [-0.05, 0) is 48.0 Å². The molecule has 0 saturated heterocycles. The van der Waals surface area contributed by atoms with E-state index in [1.165, 1.54) is 38.7 Å². The predicted octanol–water partition coefficient (Wildman–Crippen LogP) is 3.63. The molecule has 10 nitrogen and oxygen atoms in total. The molecule has 164 valence electrons. The average Bonchev–Trinajstić information content (AvgIpc) is 2.79. The molecule has 2 N–H and O–H groups in total. The Kier molecular flexibility index (Phi) is 5.93. The summed E-state index contributed by atoms with van der Waals surface area (Å²) < 4.78 is 38.1. The lowest BCUT2D eigenvalue weighted by atomic mass is 10.2. The number of aromatic nitrogens is 4. The minimum Gasteiger partial charge on any atom is -0.493 e. The van der Waals surface area contributed by atoms with E-state index in [4.69, 9.17) is 21.1 Å². The highest BCUT2D eigenvalue weighted by atomic mass is 35.5. The standard InChI is InChI=1S/C20H17ClN6O4S/c1-30-16-10-14-15(11-17(16)31-2)25-19(21)26-18(14)24-12-4-6-13(7-5-12)32(28,29)27-20-22-8-3-9-23-20/h3-11H,1-2H3,(H,22,23,27)(H,24,25,26). The van der Waals surface area contributed by atoms with Crippen LogP contribution in [0.3, 0.4) is 0 Å². The van der Waals surface area contributed by atoms with E-state index in [2.05, 4.69) is 30.0 Å². The van der Waals surface area contributed by atoms with E-state index in [-0.39, 0.29) is 16.1 Å². The van der Waals surface area contributed by atoms with Crippen LogP contribution < -0.4 is 19.5 Å². The summed E-state index contributed by atoms with van der Waals surface area (Å²) in [6.07, 6.45) is 2.89. The highest BCUT2D eigenvalue weighted by Gasteiger charge is 2.16. The number of ether oxygens (including phenoxy) is 2. The molecular formula is C20H17ClN6O4S. The zero-order valence-electron chi connectivity index (χ0n) is 16.9. The largest absolute Gasteiger partial charge is 0.493 e. The van der Waals surface area contributed by atoms with Crippen LogP contribution in [0.2, 0.25) is 5.28 Å². The second-order valence-corrected chi connectivity index (χ2v) is 8.41. The van der Waals surface area contributed by atoms with Crippen LogP contribution in [0.4, 0.5) is 17.5 Å². The van der Waals surface area contributed by atoms with E-state index in [1.807, 2.05) is 0 Å².